The van der Waals surface area contributed by atoms with Crippen LogP contribution in [0.25, 0.3) is 0 Å². The zero-order valence-electron chi connectivity index (χ0n) is 22.6. The molecular formula is C30H33N6O2P. The SMILES string of the molecule is CN1/C(=C2/C=NN(c3ccccc3)P2(=Nc2ccccc2[N+](=O)[O-])N2CCCCC2)C(C)(C)c2ccccc21. The van der Waals surface area contributed by atoms with Gasteiger partial charge in [-0.25, -0.2) is 14.2 Å². The molecule has 3 aromatic carbocycles. The van der Waals surface area contributed by atoms with Gasteiger partial charge in [-0.1, -0.05) is 68.8 Å². The monoisotopic (exact) mass is 540 g/mol. The highest BCUT2D eigenvalue weighted by Crippen LogP contribution is 2.71. The van der Waals surface area contributed by atoms with Crippen LogP contribution < -0.4 is 9.68 Å². The molecule has 1 unspecified atom stereocenters. The molecule has 0 bridgehead atoms. The predicted molar refractivity (Wildman–Crippen MR) is 160 cm³/mol. The summed E-state index contributed by atoms with van der Waals surface area (Å²) in [6, 6.07) is 25.5. The minimum Gasteiger partial charge on any atom is -0.346 e. The smallest absolute Gasteiger partial charge is 0.294 e. The Labute approximate surface area is 229 Å². The fraction of sp³-hybridized carbons (Fsp3) is 0.300. The minimum atomic E-state index is -2.84. The summed E-state index contributed by atoms with van der Waals surface area (Å²) in [5.41, 5.74) is 4.59. The van der Waals surface area contributed by atoms with Gasteiger partial charge in [-0.05, 0) is 42.7 Å². The van der Waals surface area contributed by atoms with Crippen LogP contribution in [0.2, 0.25) is 0 Å². The van der Waals surface area contributed by atoms with Crippen molar-refractivity contribution in [3.8, 4) is 0 Å². The summed E-state index contributed by atoms with van der Waals surface area (Å²) >= 11 is 0. The summed E-state index contributed by atoms with van der Waals surface area (Å²) in [5.74, 6) is 0. The number of hydrogen-bond acceptors (Lipinski definition) is 5. The lowest BCUT2D eigenvalue weighted by molar-refractivity contribution is -0.384. The number of benzene rings is 3. The fourth-order valence-corrected chi connectivity index (χ4v) is 10.2. The van der Waals surface area contributed by atoms with Gasteiger partial charge >= 0.3 is 0 Å². The molecule has 39 heavy (non-hydrogen) atoms. The van der Waals surface area contributed by atoms with Crippen LogP contribution in [-0.2, 0) is 5.41 Å². The number of hydrogen-bond donors (Lipinski definition) is 0. The average molecular weight is 541 g/mol. The molecule has 0 spiro atoms. The van der Waals surface area contributed by atoms with E-state index >= 15 is 0 Å². The van der Waals surface area contributed by atoms with E-state index in [0.29, 0.717) is 5.69 Å². The van der Waals surface area contributed by atoms with Crippen molar-refractivity contribution < 1.29 is 4.92 Å². The van der Waals surface area contributed by atoms with Gasteiger partial charge in [0.15, 0.2) is 7.36 Å². The summed E-state index contributed by atoms with van der Waals surface area (Å²) in [4.78, 5) is 14.1. The molecule has 0 N–H and O–H groups in total. The average Bonchev–Trinajstić information content (AvgIpc) is 3.42. The highest BCUT2D eigenvalue weighted by atomic mass is 31.2. The number of hydrazone groups is 1. The summed E-state index contributed by atoms with van der Waals surface area (Å²) in [5, 5.41) is 18.3. The van der Waals surface area contributed by atoms with Gasteiger partial charge in [0.2, 0.25) is 0 Å². The molecule has 0 aromatic heterocycles. The lowest BCUT2D eigenvalue weighted by atomic mass is 9.84. The largest absolute Gasteiger partial charge is 0.346 e. The van der Waals surface area contributed by atoms with Crippen LogP contribution in [0.1, 0.15) is 38.7 Å². The highest BCUT2D eigenvalue weighted by molar-refractivity contribution is 7.71. The maximum absolute atomic E-state index is 12.1. The number of likely N-dealkylation sites (N-methyl/N-ethyl adjacent to an activating group) is 1. The minimum absolute atomic E-state index is 0.0143. The number of nitro benzene ring substituents is 1. The number of piperidine rings is 1. The normalized spacial score (nSPS) is 24.2. The zero-order chi connectivity index (χ0) is 27.2. The van der Waals surface area contributed by atoms with Crippen molar-refractivity contribution in [1.82, 2.24) is 4.67 Å². The standard InChI is InChI=1S/C30H33N6O2P/c1-30(2)24-16-8-10-18-26(24)33(3)29(30)28-22-31-35(23-14-6-4-7-15-23)39(28,34-20-12-5-13-21-34)32-25-17-9-11-19-27(25)36(37)38/h4,6-11,14-19,22H,5,12-13,20-21H2,1-3H3/b29-28-. The van der Waals surface area contributed by atoms with Crippen LogP contribution >= 0.6 is 7.36 Å². The van der Waals surface area contributed by atoms with Crippen molar-refractivity contribution in [2.24, 2.45) is 9.85 Å². The first-order chi connectivity index (χ1) is 18.9. The lowest BCUT2D eigenvalue weighted by Gasteiger charge is -2.43. The molecule has 1 saturated heterocycles. The van der Waals surface area contributed by atoms with Crippen LogP contribution in [0.5, 0.6) is 0 Å². The molecule has 9 heteroatoms. The Morgan fingerprint density at radius 1 is 0.923 bits per heavy atom. The van der Waals surface area contributed by atoms with E-state index in [1.807, 2.05) is 30.5 Å². The summed E-state index contributed by atoms with van der Waals surface area (Å²) in [6.45, 7) is 6.23. The first-order valence-electron chi connectivity index (χ1n) is 13.4. The van der Waals surface area contributed by atoms with E-state index in [-0.39, 0.29) is 16.0 Å². The lowest BCUT2D eigenvalue weighted by Crippen LogP contribution is -2.34. The van der Waals surface area contributed by atoms with E-state index in [1.165, 1.54) is 11.3 Å². The maximum atomic E-state index is 12.1. The van der Waals surface area contributed by atoms with Crippen molar-refractivity contribution in [2.75, 3.05) is 29.8 Å². The molecule has 3 aromatic rings. The van der Waals surface area contributed by atoms with Gasteiger partial charge in [-0.3, -0.25) is 10.1 Å². The Morgan fingerprint density at radius 2 is 1.59 bits per heavy atom. The van der Waals surface area contributed by atoms with Crippen molar-refractivity contribution >= 4 is 36.3 Å². The topological polar surface area (TPSA) is 77.6 Å². The fourth-order valence-electron chi connectivity index (χ4n) is 6.25. The number of rotatable bonds is 4. The molecule has 1 fully saturated rings. The van der Waals surface area contributed by atoms with E-state index in [1.54, 1.807) is 18.2 Å². The van der Waals surface area contributed by atoms with Crippen LogP contribution in [-0.4, -0.2) is 35.9 Å². The van der Waals surface area contributed by atoms with Gasteiger partial charge in [0.25, 0.3) is 5.69 Å². The second-order valence-corrected chi connectivity index (χ2v) is 13.5. The molecule has 0 radical (unpaired) electrons. The van der Waals surface area contributed by atoms with Crippen LogP contribution in [0, 0.1) is 10.1 Å². The Kier molecular flexibility index (Phi) is 6.40. The molecule has 0 aliphatic carbocycles. The molecule has 0 saturated carbocycles. The molecule has 3 aliphatic rings. The van der Waals surface area contributed by atoms with Gasteiger partial charge in [0.1, 0.15) is 5.69 Å². The molecular weight excluding hydrogens is 507 g/mol. The Balaban J connectivity index is 1.72. The Morgan fingerprint density at radius 3 is 2.31 bits per heavy atom. The molecule has 200 valence electrons. The van der Waals surface area contributed by atoms with Crippen molar-refractivity contribution in [3.05, 3.63) is 106 Å². The van der Waals surface area contributed by atoms with Gasteiger partial charge < -0.3 is 4.90 Å². The summed E-state index contributed by atoms with van der Waals surface area (Å²) in [6.07, 6.45) is 5.25. The van der Waals surface area contributed by atoms with Crippen LogP contribution in [0.15, 0.2) is 99.7 Å². The third-order valence-electron chi connectivity index (χ3n) is 8.03. The van der Waals surface area contributed by atoms with Crippen LogP contribution in [0.3, 0.4) is 0 Å². The van der Waals surface area contributed by atoms with E-state index in [9.17, 15) is 10.1 Å². The van der Waals surface area contributed by atoms with E-state index in [4.69, 9.17) is 9.85 Å². The van der Waals surface area contributed by atoms with Crippen molar-refractivity contribution in [2.45, 2.75) is 38.5 Å². The first-order valence-corrected chi connectivity index (χ1v) is 15.1. The number of nitrogens with zero attached hydrogens (tertiary/aromatic N) is 6. The Hall–Kier alpha value is -3.74. The molecule has 0 amide bonds. The third kappa shape index (κ3) is 4.01. The summed E-state index contributed by atoms with van der Waals surface area (Å²) in [7, 11) is -0.729. The highest BCUT2D eigenvalue weighted by Gasteiger charge is 2.50. The number of para-hydroxylation sites is 3. The van der Waals surface area contributed by atoms with Crippen molar-refractivity contribution in [1.29, 1.82) is 0 Å². The zero-order valence-corrected chi connectivity index (χ0v) is 23.5. The Bertz CT molecular complexity index is 1540. The quantitative estimate of drug-likeness (QED) is 0.191. The number of fused-ring (bicyclic) bond motifs is 1. The van der Waals surface area contributed by atoms with E-state index in [2.05, 4.69) is 71.6 Å². The number of nitro groups is 1. The maximum Gasteiger partial charge on any atom is 0.294 e. The first kappa shape index (κ1) is 25.5. The van der Waals surface area contributed by atoms with E-state index in [0.717, 1.165) is 49.1 Å². The van der Waals surface area contributed by atoms with Crippen molar-refractivity contribution in [3.63, 3.8) is 0 Å². The second-order valence-electron chi connectivity index (χ2n) is 10.7. The van der Waals surface area contributed by atoms with Crippen LogP contribution in [0.4, 0.5) is 22.7 Å². The molecule has 6 rings (SSSR count). The van der Waals surface area contributed by atoms with Gasteiger partial charge in [0.05, 0.1) is 22.1 Å². The third-order valence-corrected chi connectivity index (χ3v) is 11.5. The van der Waals surface area contributed by atoms with Gasteiger partial charge in [0, 0.05) is 43.0 Å². The molecule has 3 heterocycles. The molecule has 3 aliphatic heterocycles. The molecule has 1 atom stereocenters. The van der Waals surface area contributed by atoms with E-state index < -0.39 is 7.36 Å². The van der Waals surface area contributed by atoms with Gasteiger partial charge in [-0.15, -0.1) is 0 Å². The second kappa shape index (κ2) is 9.78. The molecule has 8 nitrogen and oxygen atoms in total. The predicted octanol–water partition coefficient (Wildman–Crippen LogP) is 7.89. The summed E-state index contributed by atoms with van der Waals surface area (Å²) < 4.78 is 10.0. The van der Waals surface area contributed by atoms with Gasteiger partial charge in [-0.2, -0.15) is 5.10 Å². The number of anilines is 2. The number of allylic oxidation sites excluding steroid dienone is 2.